The molecule has 0 heterocycles. The van der Waals surface area contributed by atoms with Gasteiger partial charge in [0, 0.05) is 24.6 Å². The predicted octanol–water partition coefficient (Wildman–Crippen LogP) is 7.65. The fourth-order valence-corrected chi connectivity index (χ4v) is 8.59. The van der Waals surface area contributed by atoms with E-state index in [1.807, 2.05) is 6.08 Å². The van der Waals surface area contributed by atoms with Gasteiger partial charge in [-0.3, -0.25) is 9.59 Å². The van der Waals surface area contributed by atoms with E-state index in [9.17, 15) is 9.59 Å². The van der Waals surface area contributed by atoms with Crippen molar-refractivity contribution in [2.75, 3.05) is 5.88 Å². The SMILES string of the molecule is CC(=O)O[C@H]1CCC2C3C(CCCCCCCCCCl)CC4=CC(=O)CCC4C3CC[C@@]21C. The average molecular weight is 477 g/mol. The lowest BCUT2D eigenvalue weighted by Crippen LogP contribution is -2.51. The van der Waals surface area contributed by atoms with Crippen molar-refractivity contribution in [2.45, 2.75) is 116 Å². The van der Waals surface area contributed by atoms with Gasteiger partial charge in [0.2, 0.25) is 0 Å². The van der Waals surface area contributed by atoms with Gasteiger partial charge in [-0.2, -0.15) is 0 Å². The Bertz CT molecular complexity index is 730. The second-order valence-electron chi connectivity index (χ2n) is 11.8. The number of rotatable bonds is 10. The van der Waals surface area contributed by atoms with E-state index in [4.69, 9.17) is 16.3 Å². The number of esters is 1. The number of halogens is 1. The summed E-state index contributed by atoms with van der Waals surface area (Å²) in [5.41, 5.74) is 1.62. The molecule has 0 aliphatic heterocycles. The van der Waals surface area contributed by atoms with Crippen LogP contribution in [0.25, 0.3) is 0 Å². The maximum atomic E-state index is 12.2. The molecule has 5 unspecified atom stereocenters. The van der Waals surface area contributed by atoms with Gasteiger partial charge in [0.25, 0.3) is 0 Å². The van der Waals surface area contributed by atoms with Gasteiger partial charge in [-0.1, -0.05) is 51.0 Å². The smallest absolute Gasteiger partial charge is 0.302 e. The number of hydrogen-bond donors (Lipinski definition) is 0. The van der Waals surface area contributed by atoms with Crippen LogP contribution in [0, 0.1) is 35.0 Å². The number of carbonyl (C=O) groups excluding carboxylic acids is 2. The van der Waals surface area contributed by atoms with Gasteiger partial charge in [0.15, 0.2) is 5.78 Å². The van der Waals surface area contributed by atoms with Crippen LogP contribution in [0.1, 0.15) is 110 Å². The van der Waals surface area contributed by atoms with E-state index in [1.54, 1.807) is 6.92 Å². The summed E-state index contributed by atoms with van der Waals surface area (Å²) < 4.78 is 5.87. The molecule has 0 bridgehead atoms. The van der Waals surface area contributed by atoms with E-state index in [0.29, 0.717) is 23.5 Å². The quantitative estimate of drug-likeness (QED) is 0.185. The lowest BCUT2D eigenvalue weighted by molar-refractivity contribution is -0.157. The largest absolute Gasteiger partial charge is 0.462 e. The number of ether oxygens (including phenoxy) is 1. The molecule has 3 fully saturated rings. The lowest BCUT2D eigenvalue weighted by atomic mass is 9.49. The molecule has 4 heteroatoms. The van der Waals surface area contributed by atoms with Crippen LogP contribution in [0.3, 0.4) is 0 Å². The van der Waals surface area contributed by atoms with E-state index in [2.05, 4.69) is 6.92 Å². The Morgan fingerprint density at radius 1 is 1.06 bits per heavy atom. The third-order valence-electron chi connectivity index (χ3n) is 9.90. The highest BCUT2D eigenvalue weighted by Crippen LogP contribution is 2.64. The lowest BCUT2D eigenvalue weighted by Gasteiger charge is -2.56. The topological polar surface area (TPSA) is 43.4 Å². The molecule has 0 N–H and O–H groups in total. The number of hydrogen-bond acceptors (Lipinski definition) is 3. The van der Waals surface area contributed by atoms with Crippen molar-refractivity contribution in [3.05, 3.63) is 11.6 Å². The van der Waals surface area contributed by atoms with Crippen molar-refractivity contribution >= 4 is 23.4 Å². The highest BCUT2D eigenvalue weighted by atomic mass is 35.5. The number of allylic oxidation sites excluding steroid dienone is 1. The summed E-state index contributed by atoms with van der Waals surface area (Å²) in [5, 5.41) is 0. The molecule has 3 nitrogen and oxygen atoms in total. The molecule has 4 aliphatic carbocycles. The van der Waals surface area contributed by atoms with Gasteiger partial charge in [-0.25, -0.2) is 0 Å². The van der Waals surface area contributed by atoms with E-state index >= 15 is 0 Å². The summed E-state index contributed by atoms with van der Waals surface area (Å²) in [5.74, 6) is 4.49. The molecule has 186 valence electrons. The molecule has 0 aromatic heterocycles. The first kappa shape index (κ1) is 25.3. The number of alkyl halides is 1. The Morgan fingerprint density at radius 3 is 2.52 bits per heavy atom. The van der Waals surface area contributed by atoms with Crippen molar-refractivity contribution in [1.82, 2.24) is 0 Å². The van der Waals surface area contributed by atoms with Crippen molar-refractivity contribution in [3.8, 4) is 0 Å². The fraction of sp³-hybridized carbons (Fsp3) is 0.862. The minimum atomic E-state index is -0.119. The molecule has 4 aliphatic rings. The maximum Gasteiger partial charge on any atom is 0.302 e. The van der Waals surface area contributed by atoms with E-state index in [1.165, 1.54) is 69.8 Å². The second kappa shape index (κ2) is 11.3. The molecule has 0 spiro atoms. The van der Waals surface area contributed by atoms with E-state index in [0.717, 1.165) is 49.8 Å². The monoisotopic (exact) mass is 476 g/mol. The Hall–Kier alpha value is -0.830. The van der Waals surface area contributed by atoms with Crippen molar-refractivity contribution in [3.63, 3.8) is 0 Å². The Labute approximate surface area is 206 Å². The van der Waals surface area contributed by atoms with Gasteiger partial charge in [-0.15, -0.1) is 11.6 Å². The van der Waals surface area contributed by atoms with Gasteiger partial charge >= 0.3 is 5.97 Å². The van der Waals surface area contributed by atoms with Crippen molar-refractivity contribution in [1.29, 1.82) is 0 Å². The van der Waals surface area contributed by atoms with Crippen LogP contribution in [0.4, 0.5) is 0 Å². The third kappa shape index (κ3) is 5.54. The van der Waals surface area contributed by atoms with Gasteiger partial charge < -0.3 is 4.74 Å². The minimum Gasteiger partial charge on any atom is -0.462 e. The summed E-state index contributed by atoms with van der Waals surface area (Å²) in [6, 6.07) is 0. The second-order valence-corrected chi connectivity index (χ2v) is 12.2. The predicted molar refractivity (Wildman–Crippen MR) is 134 cm³/mol. The molecular formula is C29H45ClO3. The molecule has 33 heavy (non-hydrogen) atoms. The molecule has 7 atom stereocenters. The molecule has 0 aromatic rings. The minimum absolute atomic E-state index is 0.0967. The fourth-order valence-electron chi connectivity index (χ4n) is 8.40. The standard InChI is InChI=1S/C29H45ClO3/c1-20(31)33-27-14-13-26-28-21(10-8-6-4-3-5-7-9-17-30)18-22-19-23(32)11-12-24(22)25(28)15-16-29(26,27)2/h19,21,24-28H,3-18H2,1-2H3/t21?,24?,25?,26?,27-,28?,29-/m0/s1. The molecular weight excluding hydrogens is 432 g/mol. The highest BCUT2D eigenvalue weighted by Gasteiger charge is 2.59. The number of carbonyl (C=O) groups is 2. The first-order valence-electron chi connectivity index (χ1n) is 13.9. The Balaban J connectivity index is 1.44. The molecule has 0 aromatic carbocycles. The Kier molecular flexibility index (Phi) is 8.63. The van der Waals surface area contributed by atoms with Crippen LogP contribution in [0.5, 0.6) is 0 Å². The first-order valence-corrected chi connectivity index (χ1v) is 14.4. The maximum absolute atomic E-state index is 12.2. The molecule has 3 saturated carbocycles. The average Bonchev–Trinajstić information content (AvgIpc) is 3.10. The van der Waals surface area contributed by atoms with Gasteiger partial charge in [0.05, 0.1) is 0 Å². The van der Waals surface area contributed by atoms with Gasteiger partial charge in [-0.05, 0) is 87.0 Å². The molecule has 4 rings (SSSR count). The zero-order valence-electron chi connectivity index (χ0n) is 21.0. The first-order chi connectivity index (χ1) is 15.9. The number of ketones is 1. The summed E-state index contributed by atoms with van der Waals surface area (Å²) in [7, 11) is 0. The van der Waals surface area contributed by atoms with E-state index in [-0.39, 0.29) is 17.5 Å². The van der Waals surface area contributed by atoms with Crippen LogP contribution in [-0.4, -0.2) is 23.7 Å². The zero-order chi connectivity index (χ0) is 23.4. The summed E-state index contributed by atoms with van der Waals surface area (Å²) in [6.45, 7) is 3.99. The summed E-state index contributed by atoms with van der Waals surface area (Å²) in [6.07, 6.45) is 20.1. The third-order valence-corrected chi connectivity index (χ3v) is 10.2. The molecule has 0 saturated heterocycles. The van der Waals surface area contributed by atoms with Crippen LogP contribution in [0.2, 0.25) is 0 Å². The highest BCUT2D eigenvalue weighted by molar-refractivity contribution is 6.17. The van der Waals surface area contributed by atoms with Gasteiger partial charge in [0.1, 0.15) is 6.10 Å². The van der Waals surface area contributed by atoms with Crippen molar-refractivity contribution in [2.24, 2.45) is 35.0 Å². The van der Waals surface area contributed by atoms with Crippen LogP contribution >= 0.6 is 11.6 Å². The Morgan fingerprint density at radius 2 is 1.79 bits per heavy atom. The summed E-state index contributed by atoms with van der Waals surface area (Å²) >= 11 is 5.80. The van der Waals surface area contributed by atoms with E-state index < -0.39 is 0 Å². The normalized spacial score (nSPS) is 37.7. The van der Waals surface area contributed by atoms with Crippen molar-refractivity contribution < 1.29 is 14.3 Å². The van der Waals surface area contributed by atoms with Crippen LogP contribution in [-0.2, 0) is 14.3 Å². The number of unbranched alkanes of at least 4 members (excludes halogenated alkanes) is 6. The van der Waals surface area contributed by atoms with Crippen LogP contribution < -0.4 is 0 Å². The molecule has 0 amide bonds. The summed E-state index contributed by atoms with van der Waals surface area (Å²) in [4.78, 5) is 24.0. The number of fused-ring (bicyclic) bond motifs is 5. The van der Waals surface area contributed by atoms with Crippen LogP contribution in [0.15, 0.2) is 11.6 Å². The zero-order valence-corrected chi connectivity index (χ0v) is 21.7. The molecule has 0 radical (unpaired) electrons.